The number of β-lactam (4-membered cyclic amide) rings is 1. The number of hydrogen-bond acceptors (Lipinski definition) is 7. The van der Waals surface area contributed by atoms with Crippen molar-refractivity contribution in [2.45, 2.75) is 17.2 Å². The third-order valence-electron chi connectivity index (χ3n) is 3.78. The van der Waals surface area contributed by atoms with E-state index in [0.717, 1.165) is 16.8 Å². The maximum absolute atomic E-state index is 12.3. The first kappa shape index (κ1) is 16.0. The fourth-order valence-corrected chi connectivity index (χ4v) is 4.63. The van der Waals surface area contributed by atoms with Crippen molar-refractivity contribution in [1.82, 2.24) is 4.90 Å². The molecule has 1 fully saturated rings. The van der Waals surface area contributed by atoms with Gasteiger partial charge in [-0.15, -0.1) is 23.1 Å². The molecule has 9 heteroatoms. The minimum absolute atomic E-state index is 0.0466. The number of fused-ring (bicyclic) bond motifs is 1. The number of Topliss-reactive ketones (excluding diaryl/α,β-unsaturated/α-hetero) is 1. The molecule has 3 atom stereocenters. The lowest BCUT2D eigenvalue weighted by Crippen LogP contribution is -2.65. The Morgan fingerprint density at radius 2 is 2.26 bits per heavy atom. The third kappa shape index (κ3) is 2.75. The van der Waals surface area contributed by atoms with Gasteiger partial charge in [0.1, 0.15) is 11.3 Å². The van der Waals surface area contributed by atoms with Gasteiger partial charge in [-0.1, -0.05) is 0 Å². The number of ketones is 1. The zero-order chi connectivity index (χ0) is 16.8. The van der Waals surface area contributed by atoms with E-state index >= 15 is 0 Å². The lowest BCUT2D eigenvalue weighted by atomic mass is 9.92. The van der Waals surface area contributed by atoms with E-state index in [4.69, 9.17) is 5.73 Å². The molecule has 0 bridgehead atoms. The molecule has 1 amide bonds. The van der Waals surface area contributed by atoms with Crippen LogP contribution in [0.15, 0.2) is 29.3 Å². The van der Waals surface area contributed by atoms with Gasteiger partial charge in [0.25, 0.3) is 0 Å². The molecule has 2 aliphatic rings. The Bertz CT molecular complexity index is 699. The molecule has 1 saturated heterocycles. The molecule has 0 spiro atoms. The Labute approximate surface area is 140 Å². The molecule has 122 valence electrons. The second-order valence-corrected chi connectivity index (χ2v) is 8.00. The first-order valence-electron chi connectivity index (χ1n) is 6.86. The van der Waals surface area contributed by atoms with E-state index in [1.54, 1.807) is 6.92 Å². The van der Waals surface area contributed by atoms with Gasteiger partial charge in [-0.05, 0) is 24.4 Å². The normalized spacial score (nSPS) is 29.4. The second kappa shape index (κ2) is 5.66. The van der Waals surface area contributed by atoms with Crippen molar-refractivity contribution < 1.29 is 19.5 Å². The van der Waals surface area contributed by atoms with Crippen molar-refractivity contribution in [3.8, 4) is 0 Å². The monoisotopic (exact) mass is 353 g/mol. The van der Waals surface area contributed by atoms with Gasteiger partial charge in [-0.2, -0.15) is 0 Å². The summed E-state index contributed by atoms with van der Waals surface area (Å²) in [5, 5.41) is 14.5. The van der Waals surface area contributed by atoms with Gasteiger partial charge in [-0.3, -0.25) is 9.59 Å². The molecule has 2 aliphatic heterocycles. The van der Waals surface area contributed by atoms with Crippen LogP contribution in [-0.4, -0.2) is 44.5 Å². The van der Waals surface area contributed by atoms with E-state index < -0.39 is 22.1 Å². The molecule has 0 aliphatic carbocycles. The zero-order valence-corrected chi connectivity index (χ0v) is 13.8. The molecule has 1 aromatic rings. The van der Waals surface area contributed by atoms with Crippen molar-refractivity contribution >= 4 is 45.8 Å². The number of carboxylic acids is 1. The quantitative estimate of drug-likeness (QED) is 0.532. The van der Waals surface area contributed by atoms with E-state index in [1.165, 1.54) is 22.4 Å². The summed E-state index contributed by atoms with van der Waals surface area (Å²) in [7, 11) is 0. The number of amides is 1. The highest BCUT2D eigenvalue weighted by atomic mass is 32.2. The Hall–Kier alpha value is -1.84. The molecule has 3 heterocycles. The maximum atomic E-state index is 12.3. The Morgan fingerprint density at radius 3 is 2.87 bits per heavy atom. The number of carbonyl (C=O) groups excluding carboxylic acids is 2. The number of carbonyl (C=O) groups is 3. The van der Waals surface area contributed by atoms with Gasteiger partial charge < -0.3 is 21.1 Å². The van der Waals surface area contributed by atoms with Gasteiger partial charge in [-0.25, -0.2) is 4.79 Å². The highest BCUT2D eigenvalue weighted by molar-refractivity contribution is 8.01. The Morgan fingerprint density at radius 1 is 1.52 bits per heavy atom. The SMILES string of the molecule is CC1(N)S[C@@H]2C(C(=O)CNc3cccs3)C(=O)N2C=C1C(=O)O. The van der Waals surface area contributed by atoms with Crippen molar-refractivity contribution in [3.05, 3.63) is 29.3 Å². The highest BCUT2D eigenvalue weighted by Gasteiger charge is 2.56. The summed E-state index contributed by atoms with van der Waals surface area (Å²) in [5.41, 5.74) is 5.97. The molecule has 23 heavy (non-hydrogen) atoms. The van der Waals surface area contributed by atoms with Crippen LogP contribution in [-0.2, 0) is 14.4 Å². The summed E-state index contributed by atoms with van der Waals surface area (Å²) in [6, 6.07) is 3.71. The van der Waals surface area contributed by atoms with E-state index in [1.807, 2.05) is 17.5 Å². The number of anilines is 1. The average Bonchev–Trinajstić information content (AvgIpc) is 2.97. The standard InChI is InChI=1S/C14H15N3O4S2/c1-14(15)7(13(20)21)6-17-11(19)10(12(17)23-14)8(18)5-16-9-3-2-4-22-9/h2-4,6,10,12,16H,5,15H2,1H3,(H,20,21)/t10?,12-,14?/m1/s1. The van der Waals surface area contributed by atoms with Crippen LogP contribution in [0.2, 0.25) is 0 Å². The van der Waals surface area contributed by atoms with Crippen LogP contribution in [0.3, 0.4) is 0 Å². The van der Waals surface area contributed by atoms with Crippen LogP contribution in [0, 0.1) is 5.92 Å². The topological polar surface area (TPSA) is 113 Å². The molecular formula is C14H15N3O4S2. The third-order valence-corrected chi connectivity index (χ3v) is 6.06. The van der Waals surface area contributed by atoms with Crippen molar-refractivity contribution in [3.63, 3.8) is 0 Å². The summed E-state index contributed by atoms with van der Waals surface area (Å²) in [5.74, 6) is -2.56. The van der Waals surface area contributed by atoms with Crippen LogP contribution in [0.1, 0.15) is 6.92 Å². The van der Waals surface area contributed by atoms with Crippen molar-refractivity contribution in [2.24, 2.45) is 11.7 Å². The first-order valence-corrected chi connectivity index (χ1v) is 8.62. The second-order valence-electron chi connectivity index (χ2n) is 5.48. The number of carboxylic acid groups (broad SMARTS) is 1. The lowest BCUT2D eigenvalue weighted by molar-refractivity contribution is -0.151. The summed E-state index contributed by atoms with van der Waals surface area (Å²) in [4.78, 5) is 35.9. The summed E-state index contributed by atoms with van der Waals surface area (Å²) in [6.45, 7) is 1.63. The minimum atomic E-state index is -1.16. The van der Waals surface area contributed by atoms with Crippen LogP contribution in [0.25, 0.3) is 0 Å². The number of nitrogens with two attached hydrogens (primary N) is 1. The summed E-state index contributed by atoms with van der Waals surface area (Å²) >= 11 is 2.60. The number of hydrogen-bond donors (Lipinski definition) is 3. The Balaban J connectivity index is 1.72. The average molecular weight is 353 g/mol. The lowest BCUT2D eigenvalue weighted by Gasteiger charge is -2.50. The van der Waals surface area contributed by atoms with Gasteiger partial charge >= 0.3 is 5.97 Å². The molecule has 1 aromatic heterocycles. The highest BCUT2D eigenvalue weighted by Crippen LogP contribution is 2.47. The number of thiophene rings is 1. The fourth-order valence-electron chi connectivity index (χ4n) is 2.56. The molecule has 2 unspecified atom stereocenters. The molecule has 0 saturated carbocycles. The predicted molar refractivity (Wildman–Crippen MR) is 87.8 cm³/mol. The number of nitrogens with zero attached hydrogens (tertiary/aromatic N) is 1. The van der Waals surface area contributed by atoms with Crippen molar-refractivity contribution in [2.75, 3.05) is 11.9 Å². The first-order chi connectivity index (χ1) is 10.8. The van der Waals surface area contributed by atoms with Crippen LogP contribution >= 0.6 is 23.1 Å². The van der Waals surface area contributed by atoms with Crippen LogP contribution in [0.4, 0.5) is 5.00 Å². The minimum Gasteiger partial charge on any atom is -0.478 e. The van der Waals surface area contributed by atoms with Crippen LogP contribution < -0.4 is 11.1 Å². The van der Waals surface area contributed by atoms with Crippen molar-refractivity contribution in [1.29, 1.82) is 0 Å². The van der Waals surface area contributed by atoms with E-state index in [0.29, 0.717) is 0 Å². The summed E-state index contributed by atoms with van der Waals surface area (Å²) < 4.78 is 0. The van der Waals surface area contributed by atoms with Crippen LogP contribution in [0.5, 0.6) is 0 Å². The molecule has 0 aromatic carbocycles. The number of aliphatic carboxylic acids is 1. The Kier molecular flexibility index (Phi) is 3.95. The number of nitrogens with one attached hydrogen (secondary N) is 1. The zero-order valence-electron chi connectivity index (χ0n) is 12.2. The van der Waals surface area contributed by atoms with Gasteiger partial charge in [0, 0.05) is 6.20 Å². The smallest absolute Gasteiger partial charge is 0.335 e. The van der Waals surface area contributed by atoms with Gasteiger partial charge in [0.05, 0.1) is 22.0 Å². The number of rotatable bonds is 5. The molecule has 4 N–H and O–H groups in total. The van der Waals surface area contributed by atoms with E-state index in [9.17, 15) is 19.5 Å². The molecular weight excluding hydrogens is 338 g/mol. The van der Waals surface area contributed by atoms with Gasteiger partial charge in [0.2, 0.25) is 5.91 Å². The molecule has 7 nitrogen and oxygen atoms in total. The maximum Gasteiger partial charge on any atom is 0.335 e. The van der Waals surface area contributed by atoms with E-state index in [2.05, 4.69) is 5.32 Å². The molecule has 0 radical (unpaired) electrons. The van der Waals surface area contributed by atoms with Gasteiger partial charge in [0.15, 0.2) is 5.78 Å². The predicted octanol–water partition coefficient (Wildman–Crippen LogP) is 0.904. The molecule has 3 rings (SSSR count). The largest absolute Gasteiger partial charge is 0.478 e. The van der Waals surface area contributed by atoms with E-state index in [-0.39, 0.29) is 23.8 Å². The fraction of sp³-hybridized carbons (Fsp3) is 0.357. The summed E-state index contributed by atoms with van der Waals surface area (Å²) in [6.07, 6.45) is 1.25. The number of thioether (sulfide) groups is 1.